The lowest BCUT2D eigenvalue weighted by atomic mass is 9.82. The number of aryl methyl sites for hydroxylation is 2. The third-order valence-corrected chi connectivity index (χ3v) is 9.97. The zero-order chi connectivity index (χ0) is 27.5. The van der Waals surface area contributed by atoms with E-state index in [1.807, 2.05) is 11.8 Å². The van der Waals surface area contributed by atoms with Crippen molar-refractivity contribution in [1.29, 1.82) is 0 Å². The second kappa shape index (κ2) is 9.65. The third kappa shape index (κ3) is 4.15. The molecule has 0 spiro atoms. The van der Waals surface area contributed by atoms with Crippen molar-refractivity contribution >= 4 is 11.8 Å². The molecule has 0 bridgehead atoms. The molecule has 0 atom stereocenters. The summed E-state index contributed by atoms with van der Waals surface area (Å²) < 4.78 is 0. The Balaban J connectivity index is 1.42. The second-order valence-electron chi connectivity index (χ2n) is 11.5. The van der Waals surface area contributed by atoms with Crippen molar-refractivity contribution in [2.24, 2.45) is 0 Å². The zero-order valence-electron chi connectivity index (χ0n) is 23.4. The van der Waals surface area contributed by atoms with Gasteiger partial charge < -0.3 is 0 Å². The summed E-state index contributed by atoms with van der Waals surface area (Å²) in [6, 6.07) is 45.7. The molecule has 0 fully saturated rings. The van der Waals surface area contributed by atoms with E-state index >= 15 is 0 Å². The highest BCUT2D eigenvalue weighted by atomic mass is 32.2. The normalized spacial score (nSPS) is 12.8. The summed E-state index contributed by atoms with van der Waals surface area (Å²) in [6.07, 6.45) is 1.94. The number of hydrogen-bond acceptors (Lipinski definition) is 1. The number of benzene rings is 6. The van der Waals surface area contributed by atoms with Crippen molar-refractivity contribution < 1.29 is 0 Å². The van der Waals surface area contributed by atoms with Crippen LogP contribution in [0.15, 0.2) is 131 Å². The van der Waals surface area contributed by atoms with Gasteiger partial charge in [0.25, 0.3) is 0 Å². The molecule has 1 aliphatic heterocycles. The molecule has 0 saturated heterocycles. The zero-order valence-corrected chi connectivity index (χ0v) is 24.2. The van der Waals surface area contributed by atoms with Crippen LogP contribution in [0.5, 0.6) is 0 Å². The average Bonchev–Trinajstić information content (AvgIpc) is 3.38. The molecule has 41 heavy (non-hydrogen) atoms. The van der Waals surface area contributed by atoms with Gasteiger partial charge in [-0.2, -0.15) is 0 Å². The van der Waals surface area contributed by atoms with E-state index in [1.165, 1.54) is 87.7 Å². The first kappa shape index (κ1) is 24.5. The Morgan fingerprint density at radius 2 is 1.05 bits per heavy atom. The molecule has 0 amide bonds. The lowest BCUT2D eigenvalue weighted by Gasteiger charge is -2.23. The van der Waals surface area contributed by atoms with Gasteiger partial charge in [0.05, 0.1) is 0 Å². The Labute approximate surface area is 246 Å². The molecule has 6 aromatic rings. The molecular formula is C40H30S. The van der Waals surface area contributed by atoms with Crippen molar-refractivity contribution in [3.05, 3.63) is 155 Å². The molecule has 0 N–H and O–H groups in total. The van der Waals surface area contributed by atoms with Gasteiger partial charge in [0, 0.05) is 9.79 Å². The quantitative estimate of drug-likeness (QED) is 0.214. The van der Waals surface area contributed by atoms with Crippen molar-refractivity contribution in [3.8, 4) is 44.5 Å². The Bertz CT molecular complexity index is 1960. The molecule has 1 aliphatic carbocycles. The Morgan fingerprint density at radius 1 is 0.439 bits per heavy atom. The number of rotatable bonds is 3. The summed E-state index contributed by atoms with van der Waals surface area (Å²) in [5.74, 6) is 0. The van der Waals surface area contributed by atoms with Crippen molar-refractivity contribution in [2.75, 3.05) is 0 Å². The van der Waals surface area contributed by atoms with E-state index in [1.54, 1.807) is 0 Å². The molecule has 2 aliphatic rings. The highest BCUT2D eigenvalue weighted by molar-refractivity contribution is 7.99. The van der Waals surface area contributed by atoms with Crippen LogP contribution in [0.2, 0.25) is 0 Å². The lowest BCUT2D eigenvalue weighted by Crippen LogP contribution is -2.01. The van der Waals surface area contributed by atoms with E-state index in [9.17, 15) is 0 Å². The smallest absolute Gasteiger partial charge is 0.0158 e. The van der Waals surface area contributed by atoms with Crippen LogP contribution in [0.3, 0.4) is 0 Å². The molecule has 0 aromatic heterocycles. The van der Waals surface area contributed by atoms with E-state index in [0.29, 0.717) is 0 Å². The van der Waals surface area contributed by atoms with Gasteiger partial charge >= 0.3 is 0 Å². The van der Waals surface area contributed by atoms with Crippen LogP contribution in [0.1, 0.15) is 33.4 Å². The first-order valence-electron chi connectivity index (χ1n) is 14.4. The van der Waals surface area contributed by atoms with E-state index < -0.39 is 0 Å². The molecule has 0 nitrogen and oxygen atoms in total. The van der Waals surface area contributed by atoms with Gasteiger partial charge in [-0.3, -0.25) is 0 Å². The highest BCUT2D eigenvalue weighted by Crippen LogP contribution is 2.51. The molecular weight excluding hydrogens is 513 g/mol. The first-order chi connectivity index (χ1) is 20.1. The van der Waals surface area contributed by atoms with Crippen LogP contribution in [0, 0.1) is 13.8 Å². The summed E-state index contributed by atoms with van der Waals surface area (Å²) in [5, 5.41) is 0. The Morgan fingerprint density at radius 3 is 1.80 bits per heavy atom. The molecule has 1 heteroatoms. The topological polar surface area (TPSA) is 0 Å². The van der Waals surface area contributed by atoms with Crippen LogP contribution in [0.25, 0.3) is 44.5 Å². The van der Waals surface area contributed by atoms with Crippen LogP contribution >= 0.6 is 11.8 Å². The van der Waals surface area contributed by atoms with Crippen LogP contribution in [-0.4, -0.2) is 0 Å². The van der Waals surface area contributed by atoms with Gasteiger partial charge in [-0.05, 0) is 118 Å². The Kier molecular flexibility index (Phi) is 5.76. The largest absolute Gasteiger partial charge is 0.0895 e. The van der Waals surface area contributed by atoms with E-state index in [-0.39, 0.29) is 0 Å². The van der Waals surface area contributed by atoms with E-state index in [0.717, 1.165) is 12.8 Å². The molecule has 0 radical (unpaired) electrons. The number of fused-ring (bicyclic) bond motifs is 5. The fourth-order valence-corrected chi connectivity index (χ4v) is 7.67. The van der Waals surface area contributed by atoms with Crippen molar-refractivity contribution in [1.82, 2.24) is 0 Å². The summed E-state index contributed by atoms with van der Waals surface area (Å²) in [6.45, 7) is 4.34. The highest BCUT2D eigenvalue weighted by Gasteiger charge is 2.28. The van der Waals surface area contributed by atoms with E-state index in [2.05, 4.69) is 135 Å². The SMILES string of the molecule is Cc1ccc(-c2c(-c3ccc4c(c3)Cc3ccccc3S4)cc3c(c2-c2ccc(C)cc2)Cc2ccccc2-3)cc1. The van der Waals surface area contributed by atoms with Gasteiger partial charge in [-0.15, -0.1) is 0 Å². The average molecular weight is 543 g/mol. The third-order valence-electron chi connectivity index (χ3n) is 8.74. The minimum absolute atomic E-state index is 0.964. The molecule has 8 rings (SSSR count). The maximum atomic E-state index is 2.49. The molecule has 196 valence electrons. The fraction of sp³-hybridized carbons (Fsp3) is 0.100. The van der Waals surface area contributed by atoms with Gasteiger partial charge in [0.2, 0.25) is 0 Å². The Hall–Kier alpha value is -4.33. The lowest BCUT2D eigenvalue weighted by molar-refractivity contribution is 1.06. The fourth-order valence-electron chi connectivity index (χ4n) is 6.62. The molecule has 0 saturated carbocycles. The molecule has 1 heterocycles. The standard InChI is InChI=1S/C40H30S/c1-25-11-15-27(16-12-25)39-34(30-19-20-38-32(21-30)22-31-8-4-6-10-37(31)41-38)24-35-33-9-5-3-7-29(33)23-36(35)40(39)28-17-13-26(2)14-18-28/h3-21,24H,22-23H2,1-2H3. The van der Waals surface area contributed by atoms with Crippen LogP contribution in [0.4, 0.5) is 0 Å². The van der Waals surface area contributed by atoms with Gasteiger partial charge in [0.15, 0.2) is 0 Å². The van der Waals surface area contributed by atoms with Crippen molar-refractivity contribution in [3.63, 3.8) is 0 Å². The van der Waals surface area contributed by atoms with Gasteiger partial charge in [-0.1, -0.05) is 120 Å². The monoisotopic (exact) mass is 542 g/mol. The van der Waals surface area contributed by atoms with Crippen LogP contribution < -0.4 is 0 Å². The molecule has 0 unspecified atom stereocenters. The summed E-state index contributed by atoms with van der Waals surface area (Å²) in [7, 11) is 0. The first-order valence-corrected chi connectivity index (χ1v) is 15.3. The van der Waals surface area contributed by atoms with E-state index in [4.69, 9.17) is 0 Å². The predicted octanol–water partition coefficient (Wildman–Crippen LogP) is 10.9. The summed E-state index contributed by atoms with van der Waals surface area (Å²) in [5.41, 5.74) is 18.9. The number of hydrogen-bond donors (Lipinski definition) is 0. The molecule has 6 aromatic carbocycles. The predicted molar refractivity (Wildman–Crippen MR) is 174 cm³/mol. The maximum Gasteiger partial charge on any atom is 0.0158 e. The van der Waals surface area contributed by atoms with Crippen LogP contribution in [-0.2, 0) is 12.8 Å². The second-order valence-corrected chi connectivity index (χ2v) is 12.6. The summed E-state index contributed by atoms with van der Waals surface area (Å²) in [4.78, 5) is 2.75. The summed E-state index contributed by atoms with van der Waals surface area (Å²) >= 11 is 1.90. The maximum absolute atomic E-state index is 2.49. The van der Waals surface area contributed by atoms with Gasteiger partial charge in [-0.25, -0.2) is 0 Å². The van der Waals surface area contributed by atoms with Gasteiger partial charge in [0.1, 0.15) is 0 Å². The van der Waals surface area contributed by atoms with Crippen molar-refractivity contribution in [2.45, 2.75) is 36.5 Å². The minimum Gasteiger partial charge on any atom is -0.0895 e. The minimum atomic E-state index is 0.964.